The van der Waals surface area contributed by atoms with Gasteiger partial charge in [-0.3, -0.25) is 9.10 Å². The van der Waals surface area contributed by atoms with Crippen molar-refractivity contribution in [3.63, 3.8) is 0 Å². The number of fused-ring (bicyclic) bond motifs is 1. The number of hydrogen-bond donors (Lipinski definition) is 1. The molecule has 0 saturated heterocycles. The topological polar surface area (TPSA) is 75.7 Å². The fourth-order valence-electron chi connectivity index (χ4n) is 3.19. The third kappa shape index (κ3) is 5.18. The predicted molar refractivity (Wildman–Crippen MR) is 117 cm³/mol. The molecule has 0 atom stereocenters. The minimum absolute atomic E-state index is 0.161. The van der Waals surface area contributed by atoms with Crippen LogP contribution in [0.25, 0.3) is 0 Å². The number of sulfonamides is 1. The van der Waals surface area contributed by atoms with Gasteiger partial charge in [0.15, 0.2) is 0 Å². The Kier molecular flexibility index (Phi) is 6.97. The number of nitrogens with zero attached hydrogens (tertiary/aromatic N) is 1. The van der Waals surface area contributed by atoms with E-state index in [9.17, 15) is 13.2 Å². The van der Waals surface area contributed by atoms with E-state index in [1.165, 1.54) is 4.31 Å². The van der Waals surface area contributed by atoms with Crippen LogP contribution in [0.3, 0.4) is 0 Å². The predicted octanol–water partition coefficient (Wildman–Crippen LogP) is 3.75. The molecule has 156 valence electrons. The number of anilines is 1. The van der Waals surface area contributed by atoms with Crippen LogP contribution in [0.4, 0.5) is 5.69 Å². The Morgan fingerprint density at radius 3 is 2.62 bits per heavy atom. The second-order valence-corrected chi connectivity index (χ2v) is 9.93. The lowest BCUT2D eigenvalue weighted by molar-refractivity contribution is 0.0757. The molecule has 8 heteroatoms. The van der Waals surface area contributed by atoms with Gasteiger partial charge in [0, 0.05) is 29.7 Å². The van der Waals surface area contributed by atoms with Crippen LogP contribution >= 0.6 is 15.9 Å². The molecule has 1 heterocycles. The molecule has 1 aliphatic heterocycles. The van der Waals surface area contributed by atoms with E-state index in [2.05, 4.69) is 21.2 Å². The number of amides is 1. The second kappa shape index (κ2) is 9.28. The Morgan fingerprint density at radius 1 is 1.21 bits per heavy atom. The Labute approximate surface area is 180 Å². The molecule has 0 aromatic heterocycles. The molecule has 0 saturated carbocycles. The molecule has 2 aromatic rings. The van der Waals surface area contributed by atoms with Crippen LogP contribution in [-0.4, -0.2) is 40.1 Å². The fourth-order valence-corrected chi connectivity index (χ4v) is 4.96. The SMILES string of the molecule is CC(C)OCCCNC(=O)c1ccc2c(c1)CCN2S(=O)(=O)c1ccc(Br)cc1. The van der Waals surface area contributed by atoms with E-state index < -0.39 is 10.0 Å². The Morgan fingerprint density at radius 2 is 1.93 bits per heavy atom. The van der Waals surface area contributed by atoms with Crippen LogP contribution < -0.4 is 9.62 Å². The molecular formula is C21H25BrN2O4S. The van der Waals surface area contributed by atoms with E-state index >= 15 is 0 Å². The first-order valence-corrected chi connectivity index (χ1v) is 11.8. The average Bonchev–Trinajstić information content (AvgIpc) is 3.11. The summed E-state index contributed by atoms with van der Waals surface area (Å²) in [6.45, 7) is 5.45. The van der Waals surface area contributed by atoms with Gasteiger partial charge < -0.3 is 10.1 Å². The summed E-state index contributed by atoms with van der Waals surface area (Å²) in [6, 6.07) is 11.8. The van der Waals surface area contributed by atoms with Crippen molar-refractivity contribution < 1.29 is 17.9 Å². The lowest BCUT2D eigenvalue weighted by Crippen LogP contribution is -2.29. The van der Waals surface area contributed by atoms with Crippen molar-refractivity contribution >= 4 is 37.5 Å². The normalized spacial score (nSPS) is 13.6. The number of ether oxygens (including phenoxy) is 1. The summed E-state index contributed by atoms with van der Waals surface area (Å²) < 4.78 is 33.7. The number of nitrogens with one attached hydrogen (secondary N) is 1. The van der Waals surface area contributed by atoms with Gasteiger partial charge in [0.1, 0.15) is 0 Å². The number of benzene rings is 2. The number of carbonyl (C=O) groups is 1. The average molecular weight is 481 g/mol. The zero-order valence-corrected chi connectivity index (χ0v) is 18.9. The summed E-state index contributed by atoms with van der Waals surface area (Å²) in [5, 5.41) is 2.88. The molecule has 1 N–H and O–H groups in total. The van der Waals surface area contributed by atoms with E-state index in [1.807, 2.05) is 13.8 Å². The summed E-state index contributed by atoms with van der Waals surface area (Å²) in [4.78, 5) is 12.6. The maximum Gasteiger partial charge on any atom is 0.264 e. The Balaban J connectivity index is 1.68. The lowest BCUT2D eigenvalue weighted by Gasteiger charge is -2.20. The summed E-state index contributed by atoms with van der Waals surface area (Å²) >= 11 is 3.32. The van der Waals surface area contributed by atoms with Crippen molar-refractivity contribution in [2.45, 2.75) is 37.7 Å². The first-order valence-electron chi connectivity index (χ1n) is 9.60. The van der Waals surface area contributed by atoms with Gasteiger partial charge in [0.25, 0.3) is 15.9 Å². The third-order valence-electron chi connectivity index (χ3n) is 4.65. The molecule has 3 rings (SSSR count). The minimum atomic E-state index is -3.63. The Hall–Kier alpha value is -1.90. The Bertz CT molecular complexity index is 975. The highest BCUT2D eigenvalue weighted by atomic mass is 79.9. The van der Waals surface area contributed by atoms with Crippen LogP contribution in [0.1, 0.15) is 36.2 Å². The molecule has 0 unspecified atom stereocenters. The highest BCUT2D eigenvalue weighted by molar-refractivity contribution is 9.10. The summed E-state index contributed by atoms with van der Waals surface area (Å²) in [5.41, 5.74) is 2.03. The minimum Gasteiger partial charge on any atom is -0.379 e. The molecule has 0 fully saturated rings. The monoisotopic (exact) mass is 480 g/mol. The van der Waals surface area contributed by atoms with Gasteiger partial charge in [-0.1, -0.05) is 15.9 Å². The molecule has 2 aromatic carbocycles. The smallest absolute Gasteiger partial charge is 0.264 e. The molecule has 6 nitrogen and oxygen atoms in total. The molecule has 1 amide bonds. The van der Waals surface area contributed by atoms with E-state index in [0.717, 1.165) is 16.5 Å². The van der Waals surface area contributed by atoms with Gasteiger partial charge in [-0.25, -0.2) is 8.42 Å². The van der Waals surface area contributed by atoms with E-state index in [1.54, 1.807) is 42.5 Å². The number of rotatable bonds is 8. The molecule has 0 bridgehead atoms. The summed E-state index contributed by atoms with van der Waals surface area (Å²) in [6.07, 6.45) is 1.50. The lowest BCUT2D eigenvalue weighted by atomic mass is 10.1. The van der Waals surface area contributed by atoms with E-state index in [-0.39, 0.29) is 16.9 Å². The van der Waals surface area contributed by atoms with Gasteiger partial charge in [0.2, 0.25) is 0 Å². The van der Waals surface area contributed by atoms with Crippen LogP contribution in [0.15, 0.2) is 51.8 Å². The van der Waals surface area contributed by atoms with E-state index in [4.69, 9.17) is 4.74 Å². The van der Waals surface area contributed by atoms with Crippen molar-refractivity contribution in [1.29, 1.82) is 0 Å². The summed E-state index contributed by atoms with van der Waals surface area (Å²) in [5.74, 6) is -0.161. The van der Waals surface area contributed by atoms with Gasteiger partial charge in [-0.2, -0.15) is 0 Å². The molecular weight excluding hydrogens is 456 g/mol. The second-order valence-electron chi connectivity index (χ2n) is 7.15. The molecule has 29 heavy (non-hydrogen) atoms. The van der Waals surface area contributed by atoms with Gasteiger partial charge >= 0.3 is 0 Å². The summed E-state index contributed by atoms with van der Waals surface area (Å²) in [7, 11) is -3.63. The fraction of sp³-hybridized carbons (Fsp3) is 0.381. The standard InChI is InChI=1S/C21H25BrN2O4S/c1-15(2)28-13-3-11-23-21(25)17-4-9-20-16(14-17)10-12-24(20)29(26,27)19-7-5-18(22)6-8-19/h4-9,14-15H,3,10-13H2,1-2H3,(H,23,25). The highest BCUT2D eigenvalue weighted by Gasteiger charge is 2.31. The first kappa shape index (κ1) is 21.8. The van der Waals surface area contributed by atoms with Crippen molar-refractivity contribution in [2.75, 3.05) is 24.0 Å². The molecule has 0 spiro atoms. The zero-order valence-electron chi connectivity index (χ0n) is 16.5. The zero-order chi connectivity index (χ0) is 21.0. The molecule has 1 aliphatic rings. The molecule has 0 aliphatic carbocycles. The van der Waals surface area contributed by atoms with Gasteiger partial charge in [0.05, 0.1) is 16.7 Å². The van der Waals surface area contributed by atoms with Crippen LogP contribution in [0.2, 0.25) is 0 Å². The number of halogens is 1. The largest absolute Gasteiger partial charge is 0.379 e. The van der Waals surface area contributed by atoms with E-state index in [0.29, 0.717) is 37.4 Å². The number of carbonyl (C=O) groups excluding carboxylic acids is 1. The first-order chi connectivity index (χ1) is 13.8. The van der Waals surface area contributed by atoms with Gasteiger partial charge in [-0.05, 0) is 74.7 Å². The third-order valence-corrected chi connectivity index (χ3v) is 7.01. The highest BCUT2D eigenvalue weighted by Crippen LogP contribution is 2.33. The number of hydrogen-bond acceptors (Lipinski definition) is 4. The van der Waals surface area contributed by atoms with Gasteiger partial charge in [-0.15, -0.1) is 0 Å². The maximum absolute atomic E-state index is 13.0. The van der Waals surface area contributed by atoms with Crippen molar-refractivity contribution in [1.82, 2.24) is 5.32 Å². The van der Waals surface area contributed by atoms with Crippen LogP contribution in [0, 0.1) is 0 Å². The molecule has 0 radical (unpaired) electrons. The quantitative estimate of drug-likeness (QED) is 0.583. The van der Waals surface area contributed by atoms with Crippen molar-refractivity contribution in [2.24, 2.45) is 0 Å². The van der Waals surface area contributed by atoms with Crippen molar-refractivity contribution in [3.8, 4) is 0 Å². The van der Waals surface area contributed by atoms with Crippen molar-refractivity contribution in [3.05, 3.63) is 58.1 Å². The van der Waals surface area contributed by atoms with Crippen LogP contribution in [-0.2, 0) is 21.2 Å². The maximum atomic E-state index is 13.0. The van der Waals surface area contributed by atoms with Crippen LogP contribution in [0.5, 0.6) is 0 Å².